The molecular weight excluding hydrogens is 440 g/mol. The van der Waals surface area contributed by atoms with Crippen LogP contribution in [0, 0.1) is 22.0 Å². The summed E-state index contributed by atoms with van der Waals surface area (Å²) in [5, 5.41) is 10.8. The van der Waals surface area contributed by atoms with Gasteiger partial charge in [-0.15, -0.1) is 0 Å². The molecule has 2 amide bonds. The van der Waals surface area contributed by atoms with E-state index in [1.54, 1.807) is 9.80 Å². The first-order valence-electron chi connectivity index (χ1n) is 10.4. The third kappa shape index (κ3) is 5.74. The van der Waals surface area contributed by atoms with Gasteiger partial charge in [-0.25, -0.2) is 17.9 Å². The number of nitro groups is 1. The number of nitrogens with one attached hydrogen (secondary N) is 1. The summed E-state index contributed by atoms with van der Waals surface area (Å²) in [6, 6.07) is 4.73. The van der Waals surface area contributed by atoms with Crippen molar-refractivity contribution in [3.8, 4) is 0 Å². The van der Waals surface area contributed by atoms with Crippen molar-refractivity contribution in [2.75, 3.05) is 32.7 Å². The number of likely N-dealkylation sites (tertiary alicyclic amines) is 2. The molecule has 32 heavy (non-hydrogen) atoms. The molecule has 0 bridgehead atoms. The summed E-state index contributed by atoms with van der Waals surface area (Å²) < 4.78 is 32.5. The number of benzene rings is 1. The van der Waals surface area contributed by atoms with Crippen LogP contribution in [0.15, 0.2) is 29.2 Å². The predicted octanol–water partition coefficient (Wildman–Crippen LogP) is 1.59. The lowest BCUT2D eigenvalue weighted by atomic mass is 10.0. The molecule has 1 N–H and O–H groups in total. The summed E-state index contributed by atoms with van der Waals surface area (Å²) >= 11 is 0. The Bertz CT molecular complexity index is 991. The number of nitrogens with zero attached hydrogens (tertiary/aromatic N) is 3. The summed E-state index contributed by atoms with van der Waals surface area (Å²) in [6.45, 7) is 7.42. The fourth-order valence-electron chi connectivity index (χ4n) is 3.97. The number of carbonyl (C=O) groups excluding carboxylic acids is 2. The topological polar surface area (TPSA) is 139 Å². The summed E-state index contributed by atoms with van der Waals surface area (Å²) in [4.78, 5) is 38.1. The van der Waals surface area contributed by atoms with E-state index in [-0.39, 0.29) is 47.4 Å². The first-order chi connectivity index (χ1) is 14.9. The zero-order valence-electron chi connectivity index (χ0n) is 18.3. The summed E-state index contributed by atoms with van der Waals surface area (Å²) in [5.74, 6) is 0.172. The van der Waals surface area contributed by atoms with Crippen molar-refractivity contribution in [1.82, 2.24) is 14.5 Å². The van der Waals surface area contributed by atoms with Crippen molar-refractivity contribution < 1.29 is 27.7 Å². The molecule has 2 atom stereocenters. The maximum Gasteiger partial charge on any atom is 0.410 e. The Morgan fingerprint density at radius 2 is 1.75 bits per heavy atom. The van der Waals surface area contributed by atoms with Crippen LogP contribution in [0.3, 0.4) is 0 Å². The first-order valence-corrected chi connectivity index (χ1v) is 11.8. The standard InChI is InChI=1S/C20H28N4O7S/c1-20(2,3)31-19(26)23-12-14-10-22(11-15(14)13-23)18(25)7-8-21-32(29,30)17-6-4-5-16(9-17)24(27)28/h4-6,9,14-15,21H,7-8,10-13H2,1-3H3/t14-,15+. The molecule has 0 saturated carbocycles. The fraction of sp³-hybridized carbons (Fsp3) is 0.600. The molecule has 2 fully saturated rings. The Kier molecular flexibility index (Phi) is 6.75. The van der Waals surface area contributed by atoms with E-state index < -0.39 is 20.5 Å². The Morgan fingerprint density at radius 3 is 2.31 bits per heavy atom. The minimum atomic E-state index is -3.97. The molecule has 2 aliphatic rings. The highest BCUT2D eigenvalue weighted by Gasteiger charge is 2.43. The number of hydrogen-bond acceptors (Lipinski definition) is 7. The lowest BCUT2D eigenvalue weighted by Crippen LogP contribution is -2.39. The summed E-state index contributed by atoms with van der Waals surface area (Å²) in [5.41, 5.74) is -0.887. The van der Waals surface area contributed by atoms with Crippen LogP contribution in [0.2, 0.25) is 0 Å². The highest BCUT2D eigenvalue weighted by Crippen LogP contribution is 2.32. The van der Waals surface area contributed by atoms with Gasteiger partial charge in [-0.05, 0) is 26.8 Å². The number of rotatable bonds is 6. The van der Waals surface area contributed by atoms with Crippen LogP contribution in [-0.4, -0.2) is 73.5 Å². The number of non-ortho nitro benzene ring substituents is 1. The molecule has 176 valence electrons. The van der Waals surface area contributed by atoms with Gasteiger partial charge in [0.15, 0.2) is 0 Å². The van der Waals surface area contributed by atoms with Crippen LogP contribution in [-0.2, 0) is 19.6 Å². The number of carbonyl (C=O) groups is 2. The normalized spacial score (nSPS) is 20.8. The molecule has 0 aromatic heterocycles. The zero-order valence-corrected chi connectivity index (χ0v) is 19.1. The Labute approximate surface area is 186 Å². The number of sulfonamides is 1. The molecule has 1 aromatic rings. The van der Waals surface area contributed by atoms with E-state index in [9.17, 15) is 28.1 Å². The van der Waals surface area contributed by atoms with E-state index >= 15 is 0 Å². The van der Waals surface area contributed by atoms with Crippen LogP contribution >= 0.6 is 0 Å². The molecule has 12 heteroatoms. The maximum atomic E-state index is 12.5. The van der Waals surface area contributed by atoms with E-state index in [1.807, 2.05) is 20.8 Å². The molecule has 0 spiro atoms. The smallest absolute Gasteiger partial charge is 0.410 e. The van der Waals surface area contributed by atoms with Gasteiger partial charge in [0.1, 0.15) is 5.60 Å². The average Bonchev–Trinajstić information content (AvgIpc) is 3.26. The Morgan fingerprint density at radius 1 is 1.16 bits per heavy atom. The second-order valence-electron chi connectivity index (χ2n) is 9.11. The van der Waals surface area contributed by atoms with Crippen molar-refractivity contribution in [3.05, 3.63) is 34.4 Å². The summed E-state index contributed by atoms with van der Waals surface area (Å²) in [7, 11) is -3.97. The largest absolute Gasteiger partial charge is 0.444 e. The van der Waals surface area contributed by atoms with Crippen LogP contribution < -0.4 is 4.72 Å². The second-order valence-corrected chi connectivity index (χ2v) is 10.9. The molecule has 3 rings (SSSR count). The quantitative estimate of drug-likeness (QED) is 0.494. The van der Waals surface area contributed by atoms with Gasteiger partial charge < -0.3 is 14.5 Å². The number of amides is 2. The monoisotopic (exact) mass is 468 g/mol. The van der Waals surface area contributed by atoms with Gasteiger partial charge in [0, 0.05) is 63.1 Å². The van der Waals surface area contributed by atoms with E-state index in [2.05, 4.69) is 4.72 Å². The second kappa shape index (κ2) is 9.02. The van der Waals surface area contributed by atoms with E-state index in [0.717, 1.165) is 6.07 Å². The molecule has 0 aliphatic carbocycles. The van der Waals surface area contributed by atoms with Crippen LogP contribution in [0.25, 0.3) is 0 Å². The molecule has 11 nitrogen and oxygen atoms in total. The number of fused-ring (bicyclic) bond motifs is 1. The minimum absolute atomic E-state index is 0.0244. The van der Waals surface area contributed by atoms with Crippen LogP contribution in [0.5, 0.6) is 0 Å². The Hall–Kier alpha value is -2.73. The third-order valence-electron chi connectivity index (χ3n) is 5.46. The number of ether oxygens (including phenoxy) is 1. The lowest BCUT2D eigenvalue weighted by Gasteiger charge is -2.26. The molecule has 2 saturated heterocycles. The van der Waals surface area contributed by atoms with Crippen molar-refractivity contribution in [2.24, 2.45) is 11.8 Å². The molecule has 2 heterocycles. The van der Waals surface area contributed by atoms with Crippen molar-refractivity contribution >= 4 is 27.7 Å². The fourth-order valence-corrected chi connectivity index (χ4v) is 5.04. The molecule has 1 aromatic carbocycles. The Balaban J connectivity index is 1.47. The maximum absolute atomic E-state index is 12.5. The van der Waals surface area contributed by atoms with Gasteiger partial charge in [0.2, 0.25) is 15.9 Å². The molecule has 0 unspecified atom stereocenters. The van der Waals surface area contributed by atoms with Gasteiger partial charge in [-0.1, -0.05) is 6.07 Å². The van der Waals surface area contributed by atoms with Gasteiger partial charge in [0.05, 0.1) is 9.82 Å². The zero-order chi connectivity index (χ0) is 23.7. The van der Waals surface area contributed by atoms with Crippen molar-refractivity contribution in [2.45, 2.75) is 37.7 Å². The number of nitro benzene ring substituents is 1. The van der Waals surface area contributed by atoms with Crippen LogP contribution in [0.1, 0.15) is 27.2 Å². The number of hydrogen-bond donors (Lipinski definition) is 1. The predicted molar refractivity (Wildman–Crippen MR) is 114 cm³/mol. The van der Waals surface area contributed by atoms with Gasteiger partial charge in [-0.2, -0.15) is 0 Å². The van der Waals surface area contributed by atoms with Gasteiger partial charge in [-0.3, -0.25) is 14.9 Å². The SMILES string of the molecule is CC(C)(C)OC(=O)N1C[C@H]2CN(C(=O)CCNS(=O)(=O)c3cccc([N+](=O)[O-])c3)C[C@H]2C1. The highest BCUT2D eigenvalue weighted by atomic mass is 32.2. The van der Waals surface area contributed by atoms with E-state index in [0.29, 0.717) is 26.2 Å². The first kappa shape index (κ1) is 23.9. The van der Waals surface area contributed by atoms with E-state index in [1.165, 1.54) is 18.2 Å². The summed E-state index contributed by atoms with van der Waals surface area (Å²) in [6.07, 6.45) is -0.371. The molecular formula is C20H28N4O7S. The van der Waals surface area contributed by atoms with Crippen LogP contribution in [0.4, 0.5) is 10.5 Å². The average molecular weight is 469 g/mol. The van der Waals surface area contributed by atoms with Crippen molar-refractivity contribution in [3.63, 3.8) is 0 Å². The minimum Gasteiger partial charge on any atom is -0.444 e. The van der Waals surface area contributed by atoms with Gasteiger partial charge in [0.25, 0.3) is 5.69 Å². The third-order valence-corrected chi connectivity index (χ3v) is 6.92. The molecule has 2 aliphatic heterocycles. The molecule has 0 radical (unpaired) electrons. The highest BCUT2D eigenvalue weighted by molar-refractivity contribution is 7.89. The van der Waals surface area contributed by atoms with E-state index in [4.69, 9.17) is 4.74 Å². The lowest BCUT2D eigenvalue weighted by molar-refractivity contribution is -0.385. The van der Waals surface area contributed by atoms with Gasteiger partial charge >= 0.3 is 6.09 Å². The van der Waals surface area contributed by atoms with Crippen molar-refractivity contribution in [1.29, 1.82) is 0 Å².